The molecular formula is C23H16Cl2N6O5S. The average Bonchev–Trinajstić information content (AvgIpc) is 2.90. The van der Waals surface area contributed by atoms with E-state index < -0.39 is 21.8 Å². The maximum atomic E-state index is 12.9. The summed E-state index contributed by atoms with van der Waals surface area (Å²) < 4.78 is 27.6. The van der Waals surface area contributed by atoms with Gasteiger partial charge in [-0.2, -0.15) is 0 Å². The summed E-state index contributed by atoms with van der Waals surface area (Å²) in [5, 5.41) is 11.7. The molecule has 2 aromatic heterocycles. The van der Waals surface area contributed by atoms with Gasteiger partial charge in [0.15, 0.2) is 0 Å². The van der Waals surface area contributed by atoms with Gasteiger partial charge >= 0.3 is 0 Å². The van der Waals surface area contributed by atoms with Crippen molar-refractivity contribution in [3.05, 3.63) is 94.4 Å². The van der Waals surface area contributed by atoms with E-state index in [1.807, 2.05) is 6.07 Å². The van der Waals surface area contributed by atoms with E-state index in [-0.39, 0.29) is 27.0 Å². The van der Waals surface area contributed by atoms with Crippen LogP contribution < -0.4 is 15.5 Å². The molecule has 0 aliphatic rings. The normalized spacial score (nSPS) is 11.0. The zero-order valence-electron chi connectivity index (χ0n) is 18.5. The molecule has 0 aliphatic heterocycles. The van der Waals surface area contributed by atoms with Crippen LogP contribution in [-0.4, -0.2) is 40.4 Å². The van der Waals surface area contributed by atoms with Crippen LogP contribution in [0.5, 0.6) is 0 Å². The molecule has 0 radical (unpaired) electrons. The first-order chi connectivity index (χ1) is 17.7. The number of rotatable bonds is 7. The van der Waals surface area contributed by atoms with Crippen molar-refractivity contribution in [2.45, 2.75) is 4.90 Å². The monoisotopic (exact) mass is 558 g/mol. The van der Waals surface area contributed by atoms with Crippen molar-refractivity contribution in [1.29, 1.82) is 0 Å². The summed E-state index contributed by atoms with van der Waals surface area (Å²) in [6.07, 6.45) is 3.66. The second kappa shape index (κ2) is 10.9. The van der Waals surface area contributed by atoms with Gasteiger partial charge in [0.2, 0.25) is 5.95 Å². The van der Waals surface area contributed by atoms with Gasteiger partial charge < -0.3 is 5.32 Å². The fourth-order valence-corrected chi connectivity index (χ4v) is 4.64. The number of carbonyl (C=O) groups excluding carboxylic acids is 2. The maximum absolute atomic E-state index is 12.9. The Kier molecular flexibility index (Phi) is 7.64. The number of benzene rings is 2. The molecule has 0 atom stereocenters. The molecule has 0 spiro atoms. The average molecular weight is 559 g/mol. The van der Waals surface area contributed by atoms with E-state index in [4.69, 9.17) is 28.4 Å². The van der Waals surface area contributed by atoms with E-state index in [0.717, 1.165) is 18.5 Å². The molecule has 0 unspecified atom stereocenters. The van der Waals surface area contributed by atoms with Crippen molar-refractivity contribution in [1.82, 2.24) is 20.4 Å². The van der Waals surface area contributed by atoms with E-state index in [0.29, 0.717) is 22.0 Å². The maximum Gasteiger partial charge on any atom is 0.277 e. The fraction of sp³-hybridized carbons (Fsp3) is 0. The zero-order valence-corrected chi connectivity index (χ0v) is 20.8. The van der Waals surface area contributed by atoms with Crippen LogP contribution in [0.25, 0.3) is 11.3 Å². The van der Waals surface area contributed by atoms with Crippen molar-refractivity contribution in [3.8, 4) is 11.3 Å². The number of aromatic nitrogens is 3. The van der Waals surface area contributed by atoms with Crippen LogP contribution in [0, 0.1) is 0 Å². The lowest BCUT2D eigenvalue weighted by atomic mass is 10.1. The first-order valence-electron chi connectivity index (χ1n) is 10.3. The molecule has 37 heavy (non-hydrogen) atoms. The lowest BCUT2D eigenvalue weighted by Gasteiger charge is -2.11. The number of hydroxylamine groups is 1. The van der Waals surface area contributed by atoms with Crippen LogP contribution in [0.3, 0.4) is 0 Å². The Morgan fingerprint density at radius 1 is 0.865 bits per heavy atom. The van der Waals surface area contributed by atoms with Crippen molar-refractivity contribution in [3.63, 3.8) is 0 Å². The Bertz CT molecular complexity index is 1590. The van der Waals surface area contributed by atoms with Gasteiger partial charge in [-0.15, -0.1) is 0 Å². The SMILES string of the molecule is O=C(NO)c1cnc(NS(=O)(=O)c2ccc(C(=O)Nc3ccc(Cl)c(-c4ccccn4)c3)c(Cl)c2)nc1. The molecular weight excluding hydrogens is 543 g/mol. The molecule has 0 saturated heterocycles. The molecule has 0 aliphatic carbocycles. The standard InChI is InChI=1S/C23H16Cl2N6O5S/c24-18-7-4-14(9-17(18)20-3-1-2-8-26-20)29-22(33)16-6-5-15(10-19(16)25)37(35,36)31-23-27-11-13(12-28-23)21(32)30-34/h1-12,34H,(H,29,33)(H,30,32)(H,27,28,31). The molecule has 2 heterocycles. The first kappa shape index (κ1) is 26.0. The Morgan fingerprint density at radius 3 is 2.27 bits per heavy atom. The summed E-state index contributed by atoms with van der Waals surface area (Å²) in [4.78, 5) is 35.6. The Morgan fingerprint density at radius 2 is 1.62 bits per heavy atom. The Labute approximate surface area is 220 Å². The highest BCUT2D eigenvalue weighted by Gasteiger charge is 2.20. The van der Waals surface area contributed by atoms with Crippen molar-refractivity contribution in [2.75, 3.05) is 10.0 Å². The van der Waals surface area contributed by atoms with Crippen molar-refractivity contribution in [2.24, 2.45) is 0 Å². The third-order valence-corrected chi connectivity index (χ3v) is 6.87. The van der Waals surface area contributed by atoms with Crippen LogP contribution in [0.1, 0.15) is 20.7 Å². The summed E-state index contributed by atoms with van der Waals surface area (Å²) >= 11 is 12.5. The lowest BCUT2D eigenvalue weighted by Crippen LogP contribution is -2.20. The first-order valence-corrected chi connectivity index (χ1v) is 12.5. The van der Waals surface area contributed by atoms with Gasteiger partial charge in [-0.1, -0.05) is 29.3 Å². The van der Waals surface area contributed by atoms with E-state index in [1.54, 1.807) is 36.5 Å². The van der Waals surface area contributed by atoms with E-state index in [2.05, 4.69) is 25.0 Å². The highest BCUT2D eigenvalue weighted by atomic mass is 35.5. The number of hydrogen-bond donors (Lipinski definition) is 4. The van der Waals surface area contributed by atoms with Crippen LogP contribution in [0.15, 0.2) is 78.1 Å². The van der Waals surface area contributed by atoms with Crippen molar-refractivity contribution < 1.29 is 23.2 Å². The number of hydrogen-bond acceptors (Lipinski definition) is 8. The second-order valence-electron chi connectivity index (χ2n) is 7.35. The number of halogens is 2. The van der Waals surface area contributed by atoms with Crippen LogP contribution in [0.2, 0.25) is 10.0 Å². The van der Waals surface area contributed by atoms with Gasteiger partial charge in [-0.3, -0.25) is 19.8 Å². The molecule has 4 aromatic rings. The molecule has 11 nitrogen and oxygen atoms in total. The molecule has 0 fully saturated rings. The van der Waals surface area contributed by atoms with Gasteiger partial charge in [0, 0.05) is 29.8 Å². The number of nitrogens with zero attached hydrogens (tertiary/aromatic N) is 3. The van der Waals surface area contributed by atoms with Gasteiger partial charge in [-0.05, 0) is 48.5 Å². The van der Waals surface area contributed by atoms with Gasteiger partial charge in [0.05, 0.1) is 31.8 Å². The number of sulfonamides is 1. The Balaban J connectivity index is 1.51. The van der Waals surface area contributed by atoms with E-state index >= 15 is 0 Å². The molecule has 2 amide bonds. The number of anilines is 2. The third kappa shape index (κ3) is 6.01. The smallest absolute Gasteiger partial charge is 0.277 e. The quantitative estimate of drug-likeness (QED) is 0.195. The zero-order chi connectivity index (χ0) is 26.6. The van der Waals surface area contributed by atoms with Gasteiger partial charge in [-0.25, -0.2) is 28.6 Å². The predicted octanol–water partition coefficient (Wildman–Crippen LogP) is 4.02. The molecule has 4 rings (SSSR count). The van der Waals surface area contributed by atoms with Gasteiger partial charge in [0.25, 0.3) is 21.8 Å². The van der Waals surface area contributed by atoms with Crippen LogP contribution in [0.4, 0.5) is 11.6 Å². The Hall–Kier alpha value is -4.10. The van der Waals surface area contributed by atoms with Gasteiger partial charge in [0.1, 0.15) is 0 Å². The molecule has 0 saturated carbocycles. The number of amides is 2. The highest BCUT2D eigenvalue weighted by molar-refractivity contribution is 7.92. The molecule has 0 bridgehead atoms. The third-order valence-electron chi connectivity index (χ3n) is 4.90. The highest BCUT2D eigenvalue weighted by Crippen LogP contribution is 2.30. The number of nitrogens with one attached hydrogen (secondary N) is 3. The largest absolute Gasteiger partial charge is 0.322 e. The summed E-state index contributed by atoms with van der Waals surface area (Å²) in [6, 6.07) is 13.8. The minimum atomic E-state index is -4.18. The van der Waals surface area contributed by atoms with E-state index in [9.17, 15) is 18.0 Å². The van der Waals surface area contributed by atoms with Crippen LogP contribution >= 0.6 is 23.2 Å². The topological polar surface area (TPSA) is 163 Å². The molecule has 188 valence electrons. The fourth-order valence-electron chi connectivity index (χ4n) is 3.11. The molecule has 4 N–H and O–H groups in total. The predicted molar refractivity (Wildman–Crippen MR) is 136 cm³/mol. The number of carbonyl (C=O) groups is 2. The number of pyridine rings is 1. The lowest BCUT2D eigenvalue weighted by molar-refractivity contribution is 0.0705. The summed E-state index contributed by atoms with van der Waals surface area (Å²) in [6.45, 7) is 0. The molecule has 2 aromatic carbocycles. The minimum Gasteiger partial charge on any atom is -0.322 e. The summed E-state index contributed by atoms with van der Waals surface area (Å²) in [7, 11) is -4.18. The van der Waals surface area contributed by atoms with Crippen LogP contribution in [-0.2, 0) is 10.0 Å². The van der Waals surface area contributed by atoms with Crippen molar-refractivity contribution >= 4 is 56.7 Å². The minimum absolute atomic E-state index is 0.0329. The van der Waals surface area contributed by atoms with E-state index in [1.165, 1.54) is 17.6 Å². The summed E-state index contributed by atoms with van der Waals surface area (Å²) in [5.41, 5.74) is 3.03. The second-order valence-corrected chi connectivity index (χ2v) is 9.84. The summed E-state index contributed by atoms with van der Waals surface area (Å²) in [5.74, 6) is -1.75. The molecule has 14 heteroatoms.